The summed E-state index contributed by atoms with van der Waals surface area (Å²) in [5.41, 5.74) is 1.43. The Balaban J connectivity index is 3.09. The van der Waals surface area contributed by atoms with Crippen molar-refractivity contribution in [3.05, 3.63) is 11.3 Å². The molecule has 0 N–H and O–H groups in total. The van der Waals surface area contributed by atoms with Gasteiger partial charge in [0.2, 0.25) is 5.88 Å². The predicted molar refractivity (Wildman–Crippen MR) is 69.0 cm³/mol. The zero-order valence-electron chi connectivity index (χ0n) is 11.2. The molecule has 0 unspecified atom stereocenters. The molecule has 0 atom stereocenters. The second-order valence-corrected chi connectivity index (χ2v) is 4.56. The highest BCUT2D eigenvalue weighted by Crippen LogP contribution is 2.22. The Morgan fingerprint density at radius 1 is 1.39 bits per heavy atom. The fourth-order valence-corrected chi connectivity index (χ4v) is 1.54. The first kappa shape index (κ1) is 14.7. The van der Waals surface area contributed by atoms with Crippen molar-refractivity contribution in [2.75, 3.05) is 27.5 Å². The van der Waals surface area contributed by atoms with Gasteiger partial charge in [-0.05, 0) is 13.2 Å². The average Bonchev–Trinajstić information content (AvgIpc) is 2.33. The lowest BCUT2D eigenvalue weighted by Crippen LogP contribution is -2.26. The number of ether oxygens (including phenoxy) is 2. The molecule has 0 spiro atoms. The van der Waals surface area contributed by atoms with Crippen LogP contribution in [0.3, 0.4) is 0 Å². The van der Waals surface area contributed by atoms with E-state index in [-0.39, 0.29) is 5.88 Å². The van der Waals surface area contributed by atoms with Gasteiger partial charge in [0.1, 0.15) is 0 Å². The number of methoxy groups -OCH3 is 1. The lowest BCUT2D eigenvalue weighted by molar-refractivity contribution is 0.166. The van der Waals surface area contributed by atoms with E-state index in [2.05, 4.69) is 9.97 Å². The van der Waals surface area contributed by atoms with Crippen molar-refractivity contribution < 1.29 is 14.3 Å². The van der Waals surface area contributed by atoms with Crippen LogP contribution in [-0.2, 0) is 11.3 Å². The number of hydrogen-bond acceptors (Lipinski definition) is 6. The minimum atomic E-state index is -0.466. The van der Waals surface area contributed by atoms with Gasteiger partial charge in [0.05, 0.1) is 12.3 Å². The van der Waals surface area contributed by atoms with Gasteiger partial charge in [-0.2, -0.15) is 4.98 Å². The van der Waals surface area contributed by atoms with Crippen LogP contribution >= 0.6 is 11.8 Å². The topological polar surface area (TPSA) is 64.6 Å². The second kappa shape index (κ2) is 6.55. The SMILES string of the molecule is COCc1nc(SC)nc(OC(=O)N(C)C)c1C. The Bertz CT molecular complexity index is 438. The number of amides is 1. The molecule has 1 rings (SSSR count). The highest BCUT2D eigenvalue weighted by molar-refractivity contribution is 7.98. The maximum absolute atomic E-state index is 11.5. The third-order valence-electron chi connectivity index (χ3n) is 2.19. The molecule has 1 aromatic heterocycles. The Morgan fingerprint density at radius 2 is 2.06 bits per heavy atom. The van der Waals surface area contributed by atoms with Gasteiger partial charge in [0.25, 0.3) is 0 Å². The first-order chi connectivity index (χ1) is 8.49. The predicted octanol–water partition coefficient (Wildman–Crippen LogP) is 1.71. The zero-order chi connectivity index (χ0) is 13.7. The van der Waals surface area contributed by atoms with E-state index in [9.17, 15) is 4.79 Å². The van der Waals surface area contributed by atoms with Crippen molar-refractivity contribution in [3.8, 4) is 5.88 Å². The van der Waals surface area contributed by atoms with E-state index < -0.39 is 6.09 Å². The summed E-state index contributed by atoms with van der Waals surface area (Å²) < 4.78 is 10.3. The largest absolute Gasteiger partial charge is 0.416 e. The molecular weight excluding hydrogens is 254 g/mol. The molecule has 7 heteroatoms. The molecule has 100 valence electrons. The molecule has 0 fully saturated rings. The normalized spacial score (nSPS) is 10.3. The Morgan fingerprint density at radius 3 is 2.56 bits per heavy atom. The summed E-state index contributed by atoms with van der Waals surface area (Å²) >= 11 is 1.38. The lowest BCUT2D eigenvalue weighted by Gasteiger charge is -2.14. The summed E-state index contributed by atoms with van der Waals surface area (Å²) in [5.74, 6) is 0.278. The van der Waals surface area contributed by atoms with Crippen molar-refractivity contribution in [1.29, 1.82) is 0 Å². The van der Waals surface area contributed by atoms with Crippen molar-refractivity contribution in [2.24, 2.45) is 0 Å². The number of carbonyl (C=O) groups is 1. The fourth-order valence-electron chi connectivity index (χ4n) is 1.16. The number of carbonyl (C=O) groups excluding carboxylic acids is 1. The van der Waals surface area contributed by atoms with Crippen LogP contribution in [0, 0.1) is 6.92 Å². The molecular formula is C11H17N3O3S. The molecule has 1 aromatic rings. The number of thioether (sulfide) groups is 1. The van der Waals surface area contributed by atoms with Crippen LogP contribution in [-0.4, -0.2) is 48.4 Å². The Kier molecular flexibility index (Phi) is 5.36. The quantitative estimate of drug-likeness (QED) is 0.613. The monoisotopic (exact) mass is 271 g/mol. The van der Waals surface area contributed by atoms with Gasteiger partial charge in [-0.25, -0.2) is 9.78 Å². The van der Waals surface area contributed by atoms with Gasteiger partial charge in [0, 0.05) is 26.8 Å². The van der Waals surface area contributed by atoms with Crippen molar-refractivity contribution in [1.82, 2.24) is 14.9 Å². The molecule has 0 saturated heterocycles. The summed E-state index contributed by atoms with van der Waals surface area (Å²) in [6, 6.07) is 0. The van der Waals surface area contributed by atoms with E-state index in [1.54, 1.807) is 28.1 Å². The molecule has 0 saturated carbocycles. The van der Waals surface area contributed by atoms with Crippen molar-refractivity contribution in [3.63, 3.8) is 0 Å². The highest BCUT2D eigenvalue weighted by Gasteiger charge is 2.15. The van der Waals surface area contributed by atoms with Crippen LogP contribution < -0.4 is 4.74 Å². The Hall–Kier alpha value is -1.34. The van der Waals surface area contributed by atoms with Gasteiger partial charge >= 0.3 is 6.09 Å². The molecule has 0 aliphatic carbocycles. The standard InChI is InChI=1S/C11H17N3O3S/c1-7-8(6-16-4)12-10(18-5)13-9(7)17-11(15)14(2)3/h6H2,1-5H3. The maximum atomic E-state index is 11.5. The lowest BCUT2D eigenvalue weighted by atomic mass is 10.2. The molecule has 6 nitrogen and oxygen atoms in total. The van der Waals surface area contributed by atoms with Crippen molar-refractivity contribution in [2.45, 2.75) is 18.7 Å². The molecule has 1 amide bonds. The van der Waals surface area contributed by atoms with E-state index in [1.807, 2.05) is 6.26 Å². The number of rotatable bonds is 4. The molecule has 18 heavy (non-hydrogen) atoms. The van der Waals surface area contributed by atoms with E-state index in [0.29, 0.717) is 17.3 Å². The first-order valence-electron chi connectivity index (χ1n) is 5.29. The van der Waals surface area contributed by atoms with E-state index in [0.717, 1.165) is 5.69 Å². The first-order valence-corrected chi connectivity index (χ1v) is 6.51. The summed E-state index contributed by atoms with van der Waals surface area (Å²) in [4.78, 5) is 21.4. The van der Waals surface area contributed by atoms with Crippen LogP contribution in [0.2, 0.25) is 0 Å². The van der Waals surface area contributed by atoms with Gasteiger partial charge in [-0.15, -0.1) is 0 Å². The van der Waals surface area contributed by atoms with Gasteiger partial charge in [0.15, 0.2) is 5.16 Å². The summed E-state index contributed by atoms with van der Waals surface area (Å²) in [5, 5.41) is 0.550. The van der Waals surface area contributed by atoms with E-state index in [1.165, 1.54) is 16.7 Å². The fraction of sp³-hybridized carbons (Fsp3) is 0.545. The minimum absolute atomic E-state index is 0.278. The van der Waals surface area contributed by atoms with Gasteiger partial charge < -0.3 is 14.4 Å². The number of hydrogen-bond donors (Lipinski definition) is 0. The van der Waals surface area contributed by atoms with Crippen molar-refractivity contribution >= 4 is 17.9 Å². The smallest absolute Gasteiger partial charge is 0.391 e. The summed E-state index contributed by atoms with van der Waals surface area (Å²) in [6.45, 7) is 2.16. The van der Waals surface area contributed by atoms with Crippen LogP contribution in [0.4, 0.5) is 4.79 Å². The minimum Gasteiger partial charge on any atom is -0.391 e. The van der Waals surface area contributed by atoms with E-state index in [4.69, 9.17) is 9.47 Å². The number of nitrogens with zero attached hydrogens (tertiary/aromatic N) is 3. The van der Waals surface area contributed by atoms with Crippen LogP contribution in [0.1, 0.15) is 11.3 Å². The van der Waals surface area contributed by atoms with Crippen LogP contribution in [0.15, 0.2) is 5.16 Å². The third-order valence-corrected chi connectivity index (χ3v) is 2.74. The van der Waals surface area contributed by atoms with Gasteiger partial charge in [-0.3, -0.25) is 0 Å². The van der Waals surface area contributed by atoms with Crippen LogP contribution in [0.25, 0.3) is 0 Å². The third kappa shape index (κ3) is 3.58. The zero-order valence-corrected chi connectivity index (χ0v) is 12.0. The van der Waals surface area contributed by atoms with Gasteiger partial charge in [-0.1, -0.05) is 11.8 Å². The number of aromatic nitrogens is 2. The summed E-state index contributed by atoms with van der Waals surface area (Å²) in [7, 11) is 4.82. The maximum Gasteiger partial charge on any atom is 0.416 e. The van der Waals surface area contributed by atoms with E-state index >= 15 is 0 Å². The van der Waals surface area contributed by atoms with Crippen LogP contribution in [0.5, 0.6) is 5.88 Å². The Labute approximate surface area is 111 Å². The molecule has 0 bridgehead atoms. The molecule has 1 heterocycles. The molecule has 0 radical (unpaired) electrons. The second-order valence-electron chi connectivity index (χ2n) is 3.78. The average molecular weight is 271 g/mol. The highest BCUT2D eigenvalue weighted by atomic mass is 32.2. The molecule has 0 aliphatic heterocycles. The molecule has 0 aromatic carbocycles. The molecule has 0 aliphatic rings. The summed E-state index contributed by atoms with van der Waals surface area (Å²) in [6.07, 6.45) is 1.39.